The lowest BCUT2D eigenvalue weighted by molar-refractivity contribution is 0.00558. The van der Waals surface area contributed by atoms with Gasteiger partial charge in [0.1, 0.15) is 24.4 Å². The predicted octanol–water partition coefficient (Wildman–Crippen LogP) is 4.69. The Morgan fingerprint density at radius 2 is 1.85 bits per heavy atom. The normalized spacial score (nSPS) is 29.6. The number of hydrogen-bond donors (Lipinski definition) is 2. The van der Waals surface area contributed by atoms with Crippen molar-refractivity contribution in [3.8, 4) is 11.3 Å². The van der Waals surface area contributed by atoms with Gasteiger partial charge < -0.3 is 29.4 Å². The van der Waals surface area contributed by atoms with E-state index in [2.05, 4.69) is 34.6 Å². The summed E-state index contributed by atoms with van der Waals surface area (Å²) in [5, 5.41) is 13.3. The zero-order valence-electron chi connectivity index (χ0n) is 22.1. The van der Waals surface area contributed by atoms with Crippen LogP contribution in [0.15, 0.2) is 35.3 Å². The number of carbonyl (C=O) groups excluding carboxylic acids is 1. The van der Waals surface area contributed by atoms with E-state index in [4.69, 9.17) is 35.5 Å². The van der Waals surface area contributed by atoms with Crippen molar-refractivity contribution >= 4 is 29.3 Å². The summed E-state index contributed by atoms with van der Waals surface area (Å²) >= 11 is 6.64. The first-order valence-electron chi connectivity index (χ1n) is 13.8. The number of halogens is 1. The smallest absolute Gasteiger partial charge is 0.407 e. The van der Waals surface area contributed by atoms with E-state index < -0.39 is 6.10 Å². The van der Waals surface area contributed by atoms with Crippen molar-refractivity contribution in [3.05, 3.63) is 46.6 Å². The van der Waals surface area contributed by atoms with E-state index in [1.165, 1.54) is 5.56 Å². The van der Waals surface area contributed by atoms with Crippen molar-refractivity contribution in [3.63, 3.8) is 0 Å². The number of hydrogen-bond acceptors (Lipinski definition) is 8. The van der Waals surface area contributed by atoms with Crippen molar-refractivity contribution < 1.29 is 28.8 Å². The van der Waals surface area contributed by atoms with Crippen LogP contribution in [0.4, 0.5) is 10.5 Å². The van der Waals surface area contributed by atoms with Crippen molar-refractivity contribution in [2.45, 2.75) is 88.4 Å². The Morgan fingerprint density at radius 1 is 1.10 bits per heavy atom. The highest BCUT2D eigenvalue weighted by molar-refractivity contribution is 6.33. The molecule has 4 heterocycles. The lowest BCUT2D eigenvalue weighted by Gasteiger charge is -2.29. The average Bonchev–Trinajstić information content (AvgIpc) is 3.60. The highest BCUT2D eigenvalue weighted by atomic mass is 35.5. The van der Waals surface area contributed by atoms with Gasteiger partial charge in [0.2, 0.25) is 0 Å². The van der Waals surface area contributed by atoms with Gasteiger partial charge in [-0.05, 0) is 57.1 Å². The molecule has 3 fully saturated rings. The highest BCUT2D eigenvalue weighted by Crippen LogP contribution is 2.38. The van der Waals surface area contributed by atoms with Crippen LogP contribution in [0, 0.1) is 0 Å². The molecule has 2 saturated heterocycles. The molecule has 0 spiro atoms. The van der Waals surface area contributed by atoms with Gasteiger partial charge >= 0.3 is 6.09 Å². The predicted molar refractivity (Wildman–Crippen MR) is 146 cm³/mol. The van der Waals surface area contributed by atoms with Gasteiger partial charge in [0.05, 0.1) is 41.7 Å². The number of nitrogens with zero attached hydrogens (tertiary/aromatic N) is 2. The van der Waals surface area contributed by atoms with Gasteiger partial charge in [-0.2, -0.15) is 0 Å². The highest BCUT2D eigenvalue weighted by Gasteiger charge is 2.49. The van der Waals surface area contributed by atoms with Crippen LogP contribution in [0.1, 0.15) is 56.7 Å². The molecule has 0 radical (unpaired) electrons. The molecule has 6 rings (SSSR count). The Morgan fingerprint density at radius 3 is 2.59 bits per heavy atom. The van der Waals surface area contributed by atoms with E-state index in [9.17, 15) is 9.90 Å². The van der Waals surface area contributed by atoms with Crippen LogP contribution in [-0.4, -0.2) is 71.9 Å². The lowest BCUT2D eigenvalue weighted by atomic mass is 9.82. The number of aliphatic imine (C=N–C) groups is 1. The van der Waals surface area contributed by atoms with E-state index in [1.807, 2.05) is 19.9 Å². The number of nitrogens with one attached hydrogen (secondary N) is 1. The van der Waals surface area contributed by atoms with Gasteiger partial charge in [-0.15, -0.1) is 0 Å². The van der Waals surface area contributed by atoms with Crippen molar-refractivity contribution in [2.24, 2.45) is 4.99 Å². The number of aromatic nitrogens is 1. The minimum absolute atomic E-state index is 0.0234. The van der Waals surface area contributed by atoms with E-state index in [0.717, 1.165) is 42.6 Å². The second-order valence-electron chi connectivity index (χ2n) is 11.1. The second kappa shape index (κ2) is 11.0. The number of aliphatic hydroxyl groups is 1. The van der Waals surface area contributed by atoms with Gasteiger partial charge in [0.25, 0.3) is 0 Å². The van der Waals surface area contributed by atoms with Gasteiger partial charge in [-0.1, -0.05) is 35.9 Å². The Hall–Kier alpha value is -2.72. The van der Waals surface area contributed by atoms with Crippen LogP contribution in [0.2, 0.25) is 5.02 Å². The molecule has 9 nitrogen and oxygen atoms in total. The minimum Gasteiger partial charge on any atom is -0.472 e. The zero-order chi connectivity index (χ0) is 27.1. The second-order valence-corrected chi connectivity index (χ2v) is 11.5. The van der Waals surface area contributed by atoms with Crippen molar-refractivity contribution in [1.82, 2.24) is 10.3 Å². The summed E-state index contributed by atoms with van der Waals surface area (Å²) < 4.78 is 23.0. The summed E-state index contributed by atoms with van der Waals surface area (Å²) in [7, 11) is 0. The molecule has 4 aliphatic rings. The first-order valence-corrected chi connectivity index (χ1v) is 14.1. The number of carbonyl (C=O) groups is 1. The molecule has 0 bridgehead atoms. The minimum atomic E-state index is -0.618. The van der Waals surface area contributed by atoms with Crippen molar-refractivity contribution in [1.29, 1.82) is 0 Å². The largest absolute Gasteiger partial charge is 0.472 e. The summed E-state index contributed by atoms with van der Waals surface area (Å²) in [6.07, 6.45) is 2.24. The molecule has 39 heavy (non-hydrogen) atoms. The molecule has 0 unspecified atom stereocenters. The number of fused-ring (bicyclic) bond motifs is 2. The monoisotopic (exact) mass is 555 g/mol. The van der Waals surface area contributed by atoms with E-state index in [1.54, 1.807) is 0 Å². The Bertz CT molecular complexity index is 1240. The summed E-state index contributed by atoms with van der Waals surface area (Å²) in [4.78, 5) is 21.3. The maximum absolute atomic E-state index is 11.9. The summed E-state index contributed by atoms with van der Waals surface area (Å²) in [5.74, 6) is 0.995. The van der Waals surface area contributed by atoms with Gasteiger partial charge in [0, 0.05) is 11.6 Å². The molecular weight excluding hydrogens is 522 g/mol. The number of rotatable bonds is 5. The first kappa shape index (κ1) is 26.5. The molecule has 10 heteroatoms. The number of alkyl carbamates (subject to hydrolysis) is 1. The molecule has 1 aromatic heterocycles. The Labute approximate surface area is 232 Å². The van der Waals surface area contributed by atoms with Crippen LogP contribution in [0.3, 0.4) is 0 Å². The topological polar surface area (TPSA) is 112 Å². The van der Waals surface area contributed by atoms with Crippen molar-refractivity contribution in [2.75, 3.05) is 13.2 Å². The molecule has 2 aromatic rings. The van der Waals surface area contributed by atoms with Crippen LogP contribution in [-0.2, 0) is 25.4 Å². The molecule has 2 N–H and O–H groups in total. The SMILES string of the molecule is CC(C)NC(=O)OC1CCC(c2ccc(-c3nc4c(cc3Cl)N=C(O[C@@H]3CO[C@H]5[C@@H]3OC[C@H]5O)C4)cc2)CC1. The summed E-state index contributed by atoms with van der Waals surface area (Å²) in [5.41, 5.74) is 4.47. The van der Waals surface area contributed by atoms with Gasteiger partial charge in [-0.3, -0.25) is 0 Å². The molecule has 1 amide bonds. The lowest BCUT2D eigenvalue weighted by Crippen LogP contribution is -2.34. The number of amides is 1. The number of ether oxygens (including phenoxy) is 4. The molecule has 1 aromatic carbocycles. The maximum atomic E-state index is 11.9. The molecule has 208 valence electrons. The van der Waals surface area contributed by atoms with Crippen LogP contribution >= 0.6 is 11.6 Å². The Balaban J connectivity index is 1.06. The van der Waals surface area contributed by atoms with Gasteiger partial charge in [-0.25, -0.2) is 14.8 Å². The molecule has 4 atom stereocenters. The first-order chi connectivity index (χ1) is 18.8. The van der Waals surface area contributed by atoms with Crippen LogP contribution in [0.5, 0.6) is 0 Å². The molecule has 3 aliphatic heterocycles. The standard InChI is InChI=1S/C29H34ClN3O6/c1-15(2)31-29(35)38-19-9-7-17(8-10-19)16-3-5-18(6-4-16)26-20(30)11-21-22(33-26)12-25(32-21)39-24-14-37-27-23(34)13-36-28(24)27/h3-6,11,15,17,19,23-24,27-28,34H,7-10,12-14H2,1-2H3,(H,31,35)/t17?,19?,23-,24-,27-,28-/m1/s1. The van der Waals surface area contributed by atoms with Gasteiger partial charge in [0.15, 0.2) is 12.0 Å². The zero-order valence-corrected chi connectivity index (χ0v) is 22.9. The number of pyridine rings is 1. The third-order valence-electron chi connectivity index (χ3n) is 7.88. The van der Waals surface area contributed by atoms with E-state index in [-0.39, 0.29) is 43.2 Å². The average molecular weight is 556 g/mol. The quantitative estimate of drug-likeness (QED) is 0.550. The fourth-order valence-electron chi connectivity index (χ4n) is 5.90. The fraction of sp³-hybridized carbons (Fsp3) is 0.552. The maximum Gasteiger partial charge on any atom is 0.407 e. The summed E-state index contributed by atoms with van der Waals surface area (Å²) in [6, 6.07) is 10.3. The summed E-state index contributed by atoms with van der Waals surface area (Å²) in [6.45, 7) is 4.46. The number of aliphatic hydroxyl groups excluding tert-OH is 1. The fourth-order valence-corrected chi connectivity index (χ4v) is 6.15. The van der Waals surface area contributed by atoms with E-state index >= 15 is 0 Å². The van der Waals surface area contributed by atoms with E-state index in [0.29, 0.717) is 35.6 Å². The van der Waals surface area contributed by atoms with Crippen LogP contribution < -0.4 is 5.32 Å². The Kier molecular flexibility index (Phi) is 7.50. The third kappa shape index (κ3) is 5.63. The number of benzene rings is 1. The van der Waals surface area contributed by atoms with Crippen LogP contribution in [0.25, 0.3) is 11.3 Å². The molecule has 1 aliphatic carbocycles. The third-order valence-corrected chi connectivity index (χ3v) is 8.16. The molecular formula is C29H34ClN3O6. The molecule has 1 saturated carbocycles.